The van der Waals surface area contributed by atoms with E-state index in [1.54, 1.807) is 10.9 Å². The Labute approximate surface area is 101 Å². The lowest BCUT2D eigenvalue weighted by Crippen LogP contribution is -2.40. The summed E-state index contributed by atoms with van der Waals surface area (Å²) in [6.45, 7) is 1.50. The third-order valence-corrected chi connectivity index (χ3v) is 2.74. The highest BCUT2D eigenvalue weighted by Gasteiger charge is 2.21. The predicted octanol–water partition coefficient (Wildman–Crippen LogP) is 0.210. The smallest absolute Gasteiger partial charge is 0.237 e. The Kier molecular flexibility index (Phi) is 4.76. The van der Waals surface area contributed by atoms with Gasteiger partial charge in [0, 0.05) is 13.2 Å². The van der Waals surface area contributed by atoms with Crippen molar-refractivity contribution in [3.05, 3.63) is 18.0 Å². The maximum atomic E-state index is 11.6. The molecule has 1 saturated heterocycles. The van der Waals surface area contributed by atoms with Crippen LogP contribution in [-0.4, -0.2) is 28.3 Å². The number of halogens is 1. The number of aromatic nitrogens is 2. The van der Waals surface area contributed by atoms with E-state index in [2.05, 4.69) is 15.7 Å². The van der Waals surface area contributed by atoms with Crippen LogP contribution in [0.15, 0.2) is 12.3 Å². The number of hydrogen-bond acceptors (Lipinski definition) is 3. The highest BCUT2D eigenvalue weighted by molar-refractivity contribution is 5.85. The molecule has 1 aliphatic heterocycles. The largest absolute Gasteiger partial charge is 0.349 e. The Morgan fingerprint density at radius 1 is 1.75 bits per heavy atom. The van der Waals surface area contributed by atoms with Gasteiger partial charge in [-0.05, 0) is 25.5 Å². The standard InChI is InChI=1S/C10H16N4O.ClH/c1-14-8(4-6-13-14)7-12-10(15)9-3-2-5-11-9;/h4,6,9,11H,2-3,5,7H2,1H3,(H,12,15);1H. The van der Waals surface area contributed by atoms with Gasteiger partial charge in [0.25, 0.3) is 0 Å². The van der Waals surface area contributed by atoms with Crippen molar-refractivity contribution in [3.8, 4) is 0 Å². The summed E-state index contributed by atoms with van der Waals surface area (Å²) in [5.74, 6) is 0.0914. The second-order valence-corrected chi connectivity index (χ2v) is 3.81. The van der Waals surface area contributed by atoms with Crippen LogP contribution in [0.5, 0.6) is 0 Å². The molecule has 2 N–H and O–H groups in total. The first-order valence-electron chi connectivity index (χ1n) is 5.25. The summed E-state index contributed by atoms with van der Waals surface area (Å²) >= 11 is 0. The number of carbonyl (C=O) groups is 1. The molecule has 2 rings (SSSR count). The van der Waals surface area contributed by atoms with Gasteiger partial charge in [-0.1, -0.05) is 0 Å². The van der Waals surface area contributed by atoms with E-state index >= 15 is 0 Å². The number of carbonyl (C=O) groups excluding carboxylic acids is 1. The first-order valence-corrected chi connectivity index (χ1v) is 5.25. The maximum absolute atomic E-state index is 11.6. The molecule has 2 heterocycles. The van der Waals surface area contributed by atoms with Crippen molar-refractivity contribution in [3.63, 3.8) is 0 Å². The van der Waals surface area contributed by atoms with Gasteiger partial charge in [0.1, 0.15) is 0 Å². The first kappa shape index (κ1) is 13.0. The predicted molar refractivity (Wildman–Crippen MR) is 63.3 cm³/mol. The third-order valence-electron chi connectivity index (χ3n) is 2.74. The molecule has 0 aromatic carbocycles. The van der Waals surface area contributed by atoms with Crippen LogP contribution in [0.4, 0.5) is 0 Å². The van der Waals surface area contributed by atoms with E-state index in [-0.39, 0.29) is 24.4 Å². The fourth-order valence-corrected chi connectivity index (χ4v) is 1.78. The zero-order chi connectivity index (χ0) is 10.7. The van der Waals surface area contributed by atoms with E-state index in [9.17, 15) is 4.79 Å². The molecule has 1 unspecified atom stereocenters. The number of aryl methyl sites for hydroxylation is 1. The number of rotatable bonds is 3. The van der Waals surface area contributed by atoms with Gasteiger partial charge in [0.05, 0.1) is 18.3 Å². The molecule has 0 spiro atoms. The molecular weight excluding hydrogens is 228 g/mol. The highest BCUT2D eigenvalue weighted by Crippen LogP contribution is 2.05. The quantitative estimate of drug-likeness (QED) is 0.799. The van der Waals surface area contributed by atoms with Crippen LogP contribution in [0, 0.1) is 0 Å². The number of amides is 1. The Bertz CT molecular complexity index is 346. The zero-order valence-corrected chi connectivity index (χ0v) is 10.1. The molecule has 16 heavy (non-hydrogen) atoms. The normalized spacial score (nSPS) is 19.2. The SMILES string of the molecule is Cl.Cn1nccc1CNC(=O)C1CCCN1. The van der Waals surface area contributed by atoms with Crippen molar-refractivity contribution in [1.82, 2.24) is 20.4 Å². The summed E-state index contributed by atoms with van der Waals surface area (Å²) < 4.78 is 1.77. The molecule has 0 saturated carbocycles. The zero-order valence-electron chi connectivity index (χ0n) is 9.27. The Morgan fingerprint density at radius 2 is 2.56 bits per heavy atom. The molecule has 0 bridgehead atoms. The molecular formula is C10H17ClN4O. The van der Waals surface area contributed by atoms with Crippen molar-refractivity contribution in [2.24, 2.45) is 7.05 Å². The molecule has 0 radical (unpaired) electrons. The highest BCUT2D eigenvalue weighted by atomic mass is 35.5. The molecule has 1 atom stereocenters. The van der Waals surface area contributed by atoms with Gasteiger partial charge in [-0.2, -0.15) is 5.10 Å². The summed E-state index contributed by atoms with van der Waals surface area (Å²) in [6.07, 6.45) is 3.76. The van der Waals surface area contributed by atoms with Crippen LogP contribution in [0.3, 0.4) is 0 Å². The lowest BCUT2D eigenvalue weighted by molar-refractivity contribution is -0.122. The van der Waals surface area contributed by atoms with E-state index in [1.165, 1.54) is 0 Å². The van der Waals surface area contributed by atoms with Crippen LogP contribution < -0.4 is 10.6 Å². The fourth-order valence-electron chi connectivity index (χ4n) is 1.78. The molecule has 1 aromatic rings. The lowest BCUT2D eigenvalue weighted by Gasteiger charge is -2.10. The fraction of sp³-hybridized carbons (Fsp3) is 0.600. The summed E-state index contributed by atoms with van der Waals surface area (Å²) in [5.41, 5.74) is 1.02. The minimum absolute atomic E-state index is 0. The average molecular weight is 245 g/mol. The minimum Gasteiger partial charge on any atom is -0.349 e. The van der Waals surface area contributed by atoms with Crippen molar-refractivity contribution in [2.75, 3.05) is 6.54 Å². The summed E-state index contributed by atoms with van der Waals surface area (Å²) in [7, 11) is 1.87. The molecule has 90 valence electrons. The van der Waals surface area contributed by atoms with Crippen LogP contribution in [0.2, 0.25) is 0 Å². The number of nitrogens with zero attached hydrogens (tertiary/aromatic N) is 2. The van der Waals surface area contributed by atoms with Gasteiger partial charge in [-0.25, -0.2) is 0 Å². The maximum Gasteiger partial charge on any atom is 0.237 e. The molecule has 1 aromatic heterocycles. The number of nitrogens with one attached hydrogen (secondary N) is 2. The minimum atomic E-state index is -0.00164. The second kappa shape index (κ2) is 5.86. The van der Waals surface area contributed by atoms with Gasteiger partial charge < -0.3 is 10.6 Å². The lowest BCUT2D eigenvalue weighted by atomic mass is 10.2. The van der Waals surface area contributed by atoms with Gasteiger partial charge >= 0.3 is 0 Å². The molecule has 6 heteroatoms. The summed E-state index contributed by atoms with van der Waals surface area (Å²) in [6, 6.07) is 1.90. The molecule has 0 aliphatic carbocycles. The third kappa shape index (κ3) is 2.96. The molecule has 5 nitrogen and oxygen atoms in total. The number of hydrogen-bond donors (Lipinski definition) is 2. The Balaban J connectivity index is 0.00000128. The Morgan fingerprint density at radius 3 is 3.12 bits per heavy atom. The topological polar surface area (TPSA) is 59.0 Å². The van der Waals surface area contributed by atoms with Crippen molar-refractivity contribution in [1.29, 1.82) is 0 Å². The van der Waals surface area contributed by atoms with Gasteiger partial charge in [0.2, 0.25) is 5.91 Å². The molecule has 1 amide bonds. The van der Waals surface area contributed by atoms with Crippen LogP contribution in [0.1, 0.15) is 18.5 Å². The van der Waals surface area contributed by atoms with Crippen molar-refractivity contribution < 1.29 is 4.79 Å². The van der Waals surface area contributed by atoms with Gasteiger partial charge in [0.15, 0.2) is 0 Å². The Hall–Kier alpha value is -1.07. The van der Waals surface area contributed by atoms with E-state index in [0.29, 0.717) is 6.54 Å². The van der Waals surface area contributed by atoms with Crippen molar-refractivity contribution >= 4 is 18.3 Å². The molecule has 1 fully saturated rings. The summed E-state index contributed by atoms with van der Waals surface area (Å²) in [4.78, 5) is 11.6. The first-order chi connectivity index (χ1) is 7.27. The monoisotopic (exact) mass is 244 g/mol. The summed E-state index contributed by atoms with van der Waals surface area (Å²) in [5, 5.41) is 10.1. The van der Waals surface area contributed by atoms with E-state index < -0.39 is 0 Å². The van der Waals surface area contributed by atoms with E-state index in [4.69, 9.17) is 0 Å². The average Bonchev–Trinajstić information content (AvgIpc) is 2.85. The van der Waals surface area contributed by atoms with Gasteiger partial charge in [-0.15, -0.1) is 12.4 Å². The van der Waals surface area contributed by atoms with Crippen LogP contribution >= 0.6 is 12.4 Å². The second-order valence-electron chi connectivity index (χ2n) is 3.81. The van der Waals surface area contributed by atoms with Crippen LogP contribution in [-0.2, 0) is 18.4 Å². The van der Waals surface area contributed by atoms with E-state index in [0.717, 1.165) is 25.1 Å². The van der Waals surface area contributed by atoms with Crippen molar-refractivity contribution in [2.45, 2.75) is 25.4 Å². The molecule has 1 aliphatic rings. The van der Waals surface area contributed by atoms with Gasteiger partial charge in [-0.3, -0.25) is 9.48 Å². The van der Waals surface area contributed by atoms with Crippen LogP contribution in [0.25, 0.3) is 0 Å². The van der Waals surface area contributed by atoms with E-state index in [1.807, 2.05) is 13.1 Å².